The maximum Gasteiger partial charge on any atom is 0.263 e. The molecule has 9 heteroatoms. The lowest BCUT2D eigenvalue weighted by Gasteiger charge is -2.11. The molecule has 4 heterocycles. The summed E-state index contributed by atoms with van der Waals surface area (Å²) in [7, 11) is 1.55. The first-order valence-electron chi connectivity index (χ1n) is 10.4. The van der Waals surface area contributed by atoms with Crippen LogP contribution in [0.15, 0.2) is 74.8 Å². The Hall–Kier alpha value is -3.95. The number of aromatic nitrogens is 2. The molecule has 7 nitrogen and oxygen atoms in total. The molecule has 0 atom stereocenters. The number of thiophene rings is 2. The molecule has 1 amide bonds. The minimum atomic E-state index is -0.370. The molecule has 34 heavy (non-hydrogen) atoms. The molecule has 0 unspecified atom stereocenters. The molecule has 0 radical (unpaired) electrons. The molecule has 0 fully saturated rings. The van der Waals surface area contributed by atoms with E-state index in [1.807, 2.05) is 53.2 Å². The Morgan fingerprint density at radius 1 is 1.12 bits per heavy atom. The van der Waals surface area contributed by atoms with Crippen molar-refractivity contribution in [3.05, 3.63) is 76.0 Å². The molecule has 2 aromatic carbocycles. The average molecular weight is 488 g/mol. The van der Waals surface area contributed by atoms with E-state index in [0.717, 1.165) is 26.8 Å². The highest BCUT2D eigenvalue weighted by Gasteiger charge is 2.17. The van der Waals surface area contributed by atoms with Crippen LogP contribution in [-0.2, 0) is 11.3 Å². The highest BCUT2D eigenvalue weighted by Crippen LogP contribution is 2.36. The maximum atomic E-state index is 13.2. The lowest BCUT2D eigenvalue weighted by Crippen LogP contribution is -2.27. The number of hydrogen-bond acceptors (Lipinski definition) is 7. The van der Waals surface area contributed by atoms with Crippen LogP contribution < -0.4 is 15.6 Å². The van der Waals surface area contributed by atoms with Gasteiger partial charge in [0.05, 0.1) is 24.5 Å². The van der Waals surface area contributed by atoms with E-state index in [0.29, 0.717) is 27.2 Å². The first-order chi connectivity index (χ1) is 16.6. The predicted molar refractivity (Wildman–Crippen MR) is 136 cm³/mol. The number of nitrogens with zero attached hydrogens (tertiary/aromatic N) is 2. The van der Waals surface area contributed by atoms with Crippen molar-refractivity contribution >= 4 is 66.4 Å². The molecule has 0 bridgehead atoms. The normalized spacial score (nSPS) is 11.4. The third-order valence-electron chi connectivity index (χ3n) is 5.63. The standard InChI is InChI=1S/C25H17N3O4S2/c1-31-20-9-15-14-5-2-3-6-18(14)32-19(15)10-17(20)27-22(29)11-28-13-26-24-23(25(28)30)16(12-34-24)21-7-4-8-33-21/h2-10,12-13H,11H2,1H3,(H,27,29). The molecule has 0 spiro atoms. The second kappa shape index (κ2) is 8.12. The fraction of sp³-hybridized carbons (Fsp3) is 0.0800. The van der Waals surface area contributed by atoms with Crippen molar-refractivity contribution in [2.75, 3.05) is 12.4 Å². The van der Waals surface area contributed by atoms with E-state index in [4.69, 9.17) is 9.15 Å². The number of ether oxygens (including phenoxy) is 1. The van der Waals surface area contributed by atoms with E-state index in [9.17, 15) is 9.59 Å². The summed E-state index contributed by atoms with van der Waals surface area (Å²) in [6.45, 7) is -0.178. The molecule has 4 aromatic heterocycles. The monoisotopic (exact) mass is 487 g/mol. The summed E-state index contributed by atoms with van der Waals surface area (Å²) in [6.07, 6.45) is 1.42. The van der Waals surface area contributed by atoms with Gasteiger partial charge in [-0.2, -0.15) is 0 Å². The Bertz CT molecular complexity index is 1750. The van der Waals surface area contributed by atoms with Crippen LogP contribution in [0.5, 0.6) is 5.75 Å². The molecular weight excluding hydrogens is 470 g/mol. The smallest absolute Gasteiger partial charge is 0.263 e. The number of para-hydroxylation sites is 1. The van der Waals surface area contributed by atoms with Crippen molar-refractivity contribution in [1.82, 2.24) is 9.55 Å². The van der Waals surface area contributed by atoms with Gasteiger partial charge in [-0.25, -0.2) is 4.98 Å². The summed E-state index contributed by atoms with van der Waals surface area (Å²) in [5, 5.41) is 9.15. The highest BCUT2D eigenvalue weighted by molar-refractivity contribution is 7.18. The molecule has 168 valence electrons. The first kappa shape index (κ1) is 20.6. The highest BCUT2D eigenvalue weighted by atomic mass is 32.1. The summed E-state index contributed by atoms with van der Waals surface area (Å²) < 4.78 is 12.8. The maximum absolute atomic E-state index is 13.2. The van der Waals surface area contributed by atoms with E-state index < -0.39 is 0 Å². The molecule has 0 saturated carbocycles. The summed E-state index contributed by atoms with van der Waals surface area (Å²) in [4.78, 5) is 32.2. The van der Waals surface area contributed by atoms with Crippen LogP contribution in [0.3, 0.4) is 0 Å². The molecule has 0 aliphatic carbocycles. The van der Waals surface area contributed by atoms with Crippen LogP contribution in [0.4, 0.5) is 5.69 Å². The zero-order valence-electron chi connectivity index (χ0n) is 17.9. The molecule has 0 aliphatic rings. The zero-order valence-corrected chi connectivity index (χ0v) is 19.5. The van der Waals surface area contributed by atoms with Crippen LogP contribution in [0.2, 0.25) is 0 Å². The van der Waals surface area contributed by atoms with Gasteiger partial charge in [-0.1, -0.05) is 24.3 Å². The summed E-state index contributed by atoms with van der Waals surface area (Å²) in [5.74, 6) is 0.135. The average Bonchev–Trinajstić information content (AvgIpc) is 3.58. The van der Waals surface area contributed by atoms with Gasteiger partial charge < -0.3 is 14.5 Å². The third-order valence-corrected chi connectivity index (χ3v) is 7.42. The molecule has 6 aromatic rings. The second-order valence-corrected chi connectivity index (χ2v) is 9.49. The number of furan rings is 1. The van der Waals surface area contributed by atoms with Crippen molar-refractivity contribution in [2.45, 2.75) is 6.54 Å². The number of benzene rings is 2. The summed E-state index contributed by atoms with van der Waals surface area (Å²) >= 11 is 2.98. The van der Waals surface area contributed by atoms with E-state index in [2.05, 4.69) is 10.3 Å². The SMILES string of the molecule is COc1cc2c(cc1NC(=O)Cn1cnc3scc(-c4cccs4)c3c1=O)oc1ccccc12. The van der Waals surface area contributed by atoms with Crippen LogP contribution in [0, 0.1) is 0 Å². The van der Waals surface area contributed by atoms with Crippen molar-refractivity contribution in [2.24, 2.45) is 0 Å². The van der Waals surface area contributed by atoms with Crippen molar-refractivity contribution in [3.63, 3.8) is 0 Å². The molecule has 0 saturated heterocycles. The lowest BCUT2D eigenvalue weighted by molar-refractivity contribution is -0.116. The second-order valence-electron chi connectivity index (χ2n) is 7.68. The van der Waals surface area contributed by atoms with Gasteiger partial charge in [-0.3, -0.25) is 14.2 Å². The Morgan fingerprint density at radius 3 is 2.82 bits per heavy atom. The zero-order chi connectivity index (χ0) is 23.2. The molecule has 1 N–H and O–H groups in total. The van der Waals surface area contributed by atoms with Gasteiger partial charge in [-0.15, -0.1) is 22.7 Å². The number of nitrogens with one attached hydrogen (secondary N) is 1. The largest absolute Gasteiger partial charge is 0.495 e. The van der Waals surface area contributed by atoms with Gasteiger partial charge in [0.25, 0.3) is 5.56 Å². The van der Waals surface area contributed by atoms with Gasteiger partial charge in [0.15, 0.2) is 0 Å². The predicted octanol–water partition coefficient (Wildman–Crippen LogP) is 5.73. The van der Waals surface area contributed by atoms with E-state index in [-0.39, 0.29) is 18.0 Å². The number of carbonyl (C=O) groups excluding carboxylic acids is 1. The number of methoxy groups -OCH3 is 1. The Morgan fingerprint density at radius 2 is 2.00 bits per heavy atom. The quantitative estimate of drug-likeness (QED) is 0.335. The van der Waals surface area contributed by atoms with Gasteiger partial charge in [0.1, 0.15) is 28.3 Å². The van der Waals surface area contributed by atoms with E-state index in [1.165, 1.54) is 22.2 Å². The van der Waals surface area contributed by atoms with Crippen LogP contribution in [0.1, 0.15) is 0 Å². The Kier molecular flexibility index (Phi) is 4.93. The number of fused-ring (bicyclic) bond motifs is 4. The van der Waals surface area contributed by atoms with Gasteiger partial charge in [0.2, 0.25) is 5.91 Å². The minimum Gasteiger partial charge on any atom is -0.495 e. The van der Waals surface area contributed by atoms with Gasteiger partial charge >= 0.3 is 0 Å². The first-order valence-corrected chi connectivity index (χ1v) is 12.2. The van der Waals surface area contributed by atoms with Crippen LogP contribution >= 0.6 is 22.7 Å². The Labute approximate surface area is 200 Å². The van der Waals surface area contributed by atoms with Gasteiger partial charge in [0, 0.05) is 32.7 Å². The lowest BCUT2D eigenvalue weighted by atomic mass is 10.1. The van der Waals surface area contributed by atoms with Crippen molar-refractivity contribution in [1.29, 1.82) is 0 Å². The minimum absolute atomic E-state index is 0.178. The number of hydrogen-bond donors (Lipinski definition) is 1. The number of carbonyl (C=O) groups is 1. The van der Waals surface area contributed by atoms with Gasteiger partial charge in [-0.05, 0) is 23.6 Å². The molecular formula is C25H17N3O4S2. The summed E-state index contributed by atoms with van der Waals surface area (Å²) in [5.41, 5.74) is 2.46. The molecule has 6 rings (SSSR count). The van der Waals surface area contributed by atoms with Crippen molar-refractivity contribution < 1.29 is 13.9 Å². The topological polar surface area (TPSA) is 86.4 Å². The van der Waals surface area contributed by atoms with E-state index >= 15 is 0 Å². The Balaban J connectivity index is 1.33. The fourth-order valence-electron chi connectivity index (χ4n) is 4.06. The van der Waals surface area contributed by atoms with Crippen LogP contribution in [-0.4, -0.2) is 22.6 Å². The third kappa shape index (κ3) is 3.37. The van der Waals surface area contributed by atoms with Crippen molar-refractivity contribution in [3.8, 4) is 16.2 Å². The van der Waals surface area contributed by atoms with E-state index in [1.54, 1.807) is 24.5 Å². The number of rotatable bonds is 5. The summed E-state index contributed by atoms with van der Waals surface area (Å²) in [6, 6.07) is 15.2. The van der Waals surface area contributed by atoms with Crippen LogP contribution in [0.25, 0.3) is 42.6 Å². The number of anilines is 1. The molecule has 0 aliphatic heterocycles. The number of amides is 1. The fourth-order valence-corrected chi connectivity index (χ4v) is 5.78.